The lowest BCUT2D eigenvalue weighted by atomic mass is 10.2. The first-order valence-corrected chi connectivity index (χ1v) is 6.17. The molecule has 0 aliphatic heterocycles. The lowest BCUT2D eigenvalue weighted by Crippen LogP contribution is -2.21. The standard InChI is InChI=1S/C10H11FN2O3S/c11-10-5-4-9(13-17(12,15)16)7-8(10)3-1-2-6-14/h4-5,7,13-14H,2,6H2,(H2,12,15,16). The maximum atomic E-state index is 13.3. The third kappa shape index (κ3) is 4.82. The van der Waals surface area contributed by atoms with Gasteiger partial charge >= 0.3 is 0 Å². The van der Waals surface area contributed by atoms with Crippen LogP contribution < -0.4 is 9.86 Å². The molecule has 0 spiro atoms. The first-order valence-electron chi connectivity index (χ1n) is 4.62. The number of aliphatic hydroxyl groups is 1. The van der Waals surface area contributed by atoms with E-state index in [1.807, 2.05) is 4.72 Å². The summed E-state index contributed by atoms with van der Waals surface area (Å²) in [7, 11) is -3.89. The average Bonchev–Trinajstić information content (AvgIpc) is 2.21. The van der Waals surface area contributed by atoms with Gasteiger partial charge in [-0.1, -0.05) is 11.8 Å². The lowest BCUT2D eigenvalue weighted by Gasteiger charge is -2.04. The third-order valence-corrected chi connectivity index (χ3v) is 2.21. The van der Waals surface area contributed by atoms with Gasteiger partial charge in [-0.2, -0.15) is 8.42 Å². The van der Waals surface area contributed by atoms with E-state index in [0.717, 1.165) is 6.07 Å². The van der Waals surface area contributed by atoms with Gasteiger partial charge in [-0.25, -0.2) is 9.53 Å². The van der Waals surface area contributed by atoms with E-state index in [-0.39, 0.29) is 24.3 Å². The minimum absolute atomic E-state index is 0.0344. The number of aliphatic hydroxyl groups excluding tert-OH is 1. The number of hydrogen-bond acceptors (Lipinski definition) is 3. The first-order chi connectivity index (χ1) is 7.92. The topological polar surface area (TPSA) is 92.4 Å². The molecule has 0 radical (unpaired) electrons. The zero-order valence-electron chi connectivity index (χ0n) is 8.77. The van der Waals surface area contributed by atoms with Gasteiger partial charge in [0, 0.05) is 6.42 Å². The third-order valence-electron chi connectivity index (χ3n) is 1.69. The number of anilines is 1. The Kier molecular flexibility index (Phi) is 4.45. The minimum atomic E-state index is -3.89. The summed E-state index contributed by atoms with van der Waals surface area (Å²) in [6.07, 6.45) is 0.215. The Bertz CT molecular complexity index is 561. The van der Waals surface area contributed by atoms with Crippen LogP contribution in [-0.2, 0) is 10.2 Å². The zero-order chi connectivity index (χ0) is 12.9. The van der Waals surface area contributed by atoms with Gasteiger partial charge in [0.15, 0.2) is 0 Å². The average molecular weight is 258 g/mol. The van der Waals surface area contributed by atoms with Crippen LogP contribution in [0.2, 0.25) is 0 Å². The molecule has 0 saturated heterocycles. The van der Waals surface area contributed by atoms with E-state index >= 15 is 0 Å². The summed E-state index contributed by atoms with van der Waals surface area (Å²) in [6.45, 7) is -0.121. The minimum Gasteiger partial charge on any atom is -0.395 e. The van der Waals surface area contributed by atoms with Crippen molar-refractivity contribution in [3.8, 4) is 11.8 Å². The second-order valence-corrected chi connectivity index (χ2v) is 4.41. The van der Waals surface area contributed by atoms with Crippen LogP contribution in [0.15, 0.2) is 18.2 Å². The van der Waals surface area contributed by atoms with E-state index in [0.29, 0.717) is 0 Å². The molecule has 0 unspecified atom stereocenters. The van der Waals surface area contributed by atoms with Crippen LogP contribution in [-0.4, -0.2) is 20.1 Å². The molecule has 0 aliphatic carbocycles. The van der Waals surface area contributed by atoms with E-state index in [1.165, 1.54) is 12.1 Å². The second kappa shape index (κ2) is 5.63. The number of hydrogen-bond donors (Lipinski definition) is 3. The quantitative estimate of drug-likeness (QED) is 0.675. The summed E-state index contributed by atoms with van der Waals surface area (Å²) < 4.78 is 36.8. The van der Waals surface area contributed by atoms with Gasteiger partial charge in [0.1, 0.15) is 5.82 Å². The first kappa shape index (κ1) is 13.4. The van der Waals surface area contributed by atoms with Crippen LogP contribution in [0.1, 0.15) is 12.0 Å². The molecule has 0 aliphatic rings. The predicted molar refractivity (Wildman–Crippen MR) is 61.7 cm³/mol. The number of rotatable bonds is 3. The summed E-state index contributed by atoms with van der Waals surface area (Å²) in [5.41, 5.74) is 0.161. The molecule has 0 bridgehead atoms. The molecule has 1 aromatic carbocycles. The summed E-state index contributed by atoms with van der Waals surface area (Å²) in [5.74, 6) is 4.44. The SMILES string of the molecule is NS(=O)(=O)Nc1ccc(F)c(C#CCCO)c1. The molecule has 92 valence electrons. The number of nitrogens with two attached hydrogens (primary N) is 1. The molecule has 1 rings (SSSR count). The molecule has 0 fully saturated rings. The monoisotopic (exact) mass is 258 g/mol. The van der Waals surface area contributed by atoms with E-state index in [9.17, 15) is 12.8 Å². The van der Waals surface area contributed by atoms with Gasteiger partial charge in [-0.05, 0) is 18.2 Å². The van der Waals surface area contributed by atoms with Crippen LogP contribution >= 0.6 is 0 Å². The van der Waals surface area contributed by atoms with E-state index in [2.05, 4.69) is 11.8 Å². The number of nitrogens with one attached hydrogen (secondary N) is 1. The largest absolute Gasteiger partial charge is 0.395 e. The van der Waals surface area contributed by atoms with Crippen molar-refractivity contribution >= 4 is 15.9 Å². The van der Waals surface area contributed by atoms with E-state index in [1.54, 1.807) is 0 Å². The Labute approximate surface area is 98.6 Å². The Morgan fingerprint density at radius 1 is 1.47 bits per heavy atom. The highest BCUT2D eigenvalue weighted by atomic mass is 32.2. The molecular formula is C10H11FN2O3S. The predicted octanol–water partition coefficient (Wildman–Crippen LogP) is 0.175. The Morgan fingerprint density at radius 3 is 2.76 bits per heavy atom. The van der Waals surface area contributed by atoms with Gasteiger partial charge in [0.2, 0.25) is 0 Å². The summed E-state index contributed by atoms with van der Waals surface area (Å²) in [5, 5.41) is 13.3. The fraction of sp³-hybridized carbons (Fsp3) is 0.200. The molecule has 0 aromatic heterocycles. The van der Waals surface area contributed by atoms with Crippen molar-refractivity contribution in [2.75, 3.05) is 11.3 Å². The second-order valence-electron chi connectivity index (χ2n) is 3.12. The van der Waals surface area contributed by atoms with Crippen molar-refractivity contribution < 1.29 is 17.9 Å². The number of halogens is 1. The van der Waals surface area contributed by atoms with Crippen molar-refractivity contribution in [2.45, 2.75) is 6.42 Å². The summed E-state index contributed by atoms with van der Waals surface area (Å²) in [4.78, 5) is 0. The molecule has 0 atom stereocenters. The van der Waals surface area contributed by atoms with Crippen LogP contribution in [0.3, 0.4) is 0 Å². The zero-order valence-corrected chi connectivity index (χ0v) is 9.59. The highest BCUT2D eigenvalue weighted by molar-refractivity contribution is 7.90. The molecule has 0 heterocycles. The highest BCUT2D eigenvalue weighted by Gasteiger charge is 2.05. The molecule has 0 saturated carbocycles. The van der Waals surface area contributed by atoms with Gasteiger partial charge in [0.25, 0.3) is 10.2 Å². The van der Waals surface area contributed by atoms with Gasteiger partial charge < -0.3 is 5.11 Å². The summed E-state index contributed by atoms with van der Waals surface area (Å²) >= 11 is 0. The molecule has 1 aromatic rings. The Morgan fingerprint density at radius 2 is 2.18 bits per heavy atom. The molecular weight excluding hydrogens is 247 g/mol. The normalized spacial score (nSPS) is 10.5. The molecule has 0 amide bonds. The van der Waals surface area contributed by atoms with Gasteiger partial charge in [-0.3, -0.25) is 4.72 Å². The van der Waals surface area contributed by atoms with Crippen molar-refractivity contribution in [2.24, 2.45) is 5.14 Å². The Balaban J connectivity index is 3.00. The summed E-state index contributed by atoms with van der Waals surface area (Å²) in [6, 6.07) is 3.54. The smallest absolute Gasteiger partial charge is 0.296 e. The molecule has 17 heavy (non-hydrogen) atoms. The van der Waals surface area contributed by atoms with Crippen LogP contribution in [0.5, 0.6) is 0 Å². The van der Waals surface area contributed by atoms with Crippen LogP contribution in [0, 0.1) is 17.7 Å². The lowest BCUT2D eigenvalue weighted by molar-refractivity contribution is 0.305. The van der Waals surface area contributed by atoms with Crippen molar-refractivity contribution in [1.29, 1.82) is 0 Å². The van der Waals surface area contributed by atoms with Crippen LogP contribution in [0.25, 0.3) is 0 Å². The fourth-order valence-corrected chi connectivity index (χ4v) is 1.52. The van der Waals surface area contributed by atoms with Crippen molar-refractivity contribution in [3.05, 3.63) is 29.6 Å². The molecule has 7 heteroatoms. The highest BCUT2D eigenvalue weighted by Crippen LogP contribution is 2.14. The van der Waals surface area contributed by atoms with E-state index < -0.39 is 16.0 Å². The van der Waals surface area contributed by atoms with Gasteiger partial charge in [0.05, 0.1) is 17.9 Å². The van der Waals surface area contributed by atoms with Crippen molar-refractivity contribution in [1.82, 2.24) is 0 Å². The maximum absolute atomic E-state index is 13.3. The molecule has 4 N–H and O–H groups in total. The van der Waals surface area contributed by atoms with Crippen molar-refractivity contribution in [3.63, 3.8) is 0 Å². The van der Waals surface area contributed by atoms with Gasteiger partial charge in [-0.15, -0.1) is 0 Å². The number of benzene rings is 1. The molecule has 5 nitrogen and oxygen atoms in total. The van der Waals surface area contributed by atoms with E-state index in [4.69, 9.17) is 10.2 Å². The van der Waals surface area contributed by atoms with Crippen LogP contribution in [0.4, 0.5) is 10.1 Å². The maximum Gasteiger partial charge on any atom is 0.296 e. The fourth-order valence-electron chi connectivity index (χ4n) is 1.06. The Hall–Kier alpha value is -1.62.